The number of aliphatic hydroxyl groups is 1. The van der Waals surface area contributed by atoms with E-state index in [-0.39, 0.29) is 0 Å². The zero-order chi connectivity index (χ0) is 9.97. The fraction of sp³-hybridized carbons (Fsp3) is 0.182. The normalized spacial score (nSPS) is 12.7. The van der Waals surface area contributed by atoms with E-state index in [1.165, 1.54) is 5.56 Å². The van der Waals surface area contributed by atoms with Crippen LogP contribution >= 0.6 is 0 Å². The largest absolute Gasteiger partial charge is 0.380 e. The number of benzene rings is 1. The van der Waals surface area contributed by atoms with Gasteiger partial charge in [-0.3, -0.25) is 0 Å². The number of aryl methyl sites for hydroxylation is 1. The average Bonchev–Trinajstić information content (AvgIpc) is 2.71. The van der Waals surface area contributed by atoms with Crippen LogP contribution in [0.1, 0.15) is 23.1 Å². The molecule has 14 heavy (non-hydrogen) atoms. The van der Waals surface area contributed by atoms with Crippen molar-refractivity contribution in [2.75, 3.05) is 0 Å². The first-order valence-corrected chi connectivity index (χ1v) is 4.51. The highest BCUT2D eigenvalue weighted by Gasteiger charge is 2.11. The molecule has 3 nitrogen and oxygen atoms in total. The van der Waals surface area contributed by atoms with Gasteiger partial charge in [-0.05, 0) is 12.5 Å². The SMILES string of the molecule is Cc1ccc(C(O)c2ncc[nH]2)cc1. The van der Waals surface area contributed by atoms with Crippen LogP contribution in [0.3, 0.4) is 0 Å². The van der Waals surface area contributed by atoms with E-state index in [0.29, 0.717) is 5.82 Å². The van der Waals surface area contributed by atoms with Crippen molar-refractivity contribution in [3.8, 4) is 0 Å². The monoisotopic (exact) mass is 188 g/mol. The van der Waals surface area contributed by atoms with Crippen molar-refractivity contribution >= 4 is 0 Å². The summed E-state index contributed by atoms with van der Waals surface area (Å²) in [6.45, 7) is 2.02. The maximum Gasteiger partial charge on any atom is 0.139 e. The van der Waals surface area contributed by atoms with Crippen LogP contribution < -0.4 is 0 Å². The molecule has 1 heterocycles. The predicted octanol–water partition coefficient (Wildman–Crippen LogP) is 1.80. The molecule has 72 valence electrons. The summed E-state index contributed by atoms with van der Waals surface area (Å²) >= 11 is 0. The van der Waals surface area contributed by atoms with Gasteiger partial charge in [-0.15, -0.1) is 0 Å². The third-order valence-electron chi connectivity index (χ3n) is 2.17. The molecule has 2 rings (SSSR count). The highest BCUT2D eigenvalue weighted by atomic mass is 16.3. The Balaban J connectivity index is 2.28. The zero-order valence-electron chi connectivity index (χ0n) is 7.94. The van der Waals surface area contributed by atoms with Gasteiger partial charge in [-0.2, -0.15) is 0 Å². The molecule has 0 aliphatic carbocycles. The van der Waals surface area contributed by atoms with Crippen molar-refractivity contribution in [1.29, 1.82) is 0 Å². The molecule has 2 N–H and O–H groups in total. The number of nitrogens with one attached hydrogen (secondary N) is 1. The first-order valence-electron chi connectivity index (χ1n) is 4.51. The fourth-order valence-corrected chi connectivity index (χ4v) is 1.33. The lowest BCUT2D eigenvalue weighted by Gasteiger charge is -2.07. The molecular formula is C11H12N2O. The Bertz CT molecular complexity index is 392. The Morgan fingerprint density at radius 1 is 1.29 bits per heavy atom. The summed E-state index contributed by atoms with van der Waals surface area (Å²) in [6, 6.07) is 7.76. The highest BCUT2D eigenvalue weighted by molar-refractivity contribution is 5.26. The summed E-state index contributed by atoms with van der Waals surface area (Å²) in [7, 11) is 0. The van der Waals surface area contributed by atoms with Gasteiger partial charge in [0.2, 0.25) is 0 Å². The summed E-state index contributed by atoms with van der Waals surface area (Å²) in [5.74, 6) is 0.578. The van der Waals surface area contributed by atoms with Gasteiger partial charge in [0.05, 0.1) is 0 Å². The van der Waals surface area contributed by atoms with Crippen LogP contribution in [0.2, 0.25) is 0 Å². The lowest BCUT2D eigenvalue weighted by Crippen LogP contribution is -2.01. The molecule has 0 fully saturated rings. The van der Waals surface area contributed by atoms with Gasteiger partial charge in [0.1, 0.15) is 11.9 Å². The standard InChI is InChI=1S/C11H12N2O/c1-8-2-4-9(5-3-8)10(14)11-12-6-7-13-11/h2-7,10,14H,1H3,(H,12,13). The van der Waals surface area contributed by atoms with Crippen molar-refractivity contribution in [2.45, 2.75) is 13.0 Å². The van der Waals surface area contributed by atoms with Gasteiger partial charge in [0, 0.05) is 12.4 Å². The van der Waals surface area contributed by atoms with E-state index in [0.717, 1.165) is 5.56 Å². The molecule has 0 saturated carbocycles. The van der Waals surface area contributed by atoms with Crippen molar-refractivity contribution in [3.63, 3.8) is 0 Å². The Morgan fingerprint density at radius 2 is 2.00 bits per heavy atom. The summed E-state index contributed by atoms with van der Waals surface area (Å²) in [6.07, 6.45) is 2.67. The lowest BCUT2D eigenvalue weighted by molar-refractivity contribution is 0.211. The van der Waals surface area contributed by atoms with E-state index >= 15 is 0 Å². The van der Waals surface area contributed by atoms with Crippen LogP contribution in [-0.2, 0) is 0 Å². The zero-order valence-corrected chi connectivity index (χ0v) is 7.94. The number of nitrogens with zero attached hydrogens (tertiary/aromatic N) is 1. The molecule has 0 aliphatic rings. The molecule has 2 aromatic rings. The van der Waals surface area contributed by atoms with Gasteiger partial charge >= 0.3 is 0 Å². The number of aliphatic hydroxyl groups excluding tert-OH is 1. The maximum absolute atomic E-state index is 9.88. The topological polar surface area (TPSA) is 48.9 Å². The molecule has 0 amide bonds. The smallest absolute Gasteiger partial charge is 0.139 e. The third-order valence-corrected chi connectivity index (χ3v) is 2.17. The van der Waals surface area contributed by atoms with Crippen LogP contribution in [-0.4, -0.2) is 15.1 Å². The van der Waals surface area contributed by atoms with Crippen LogP contribution in [0.4, 0.5) is 0 Å². The Morgan fingerprint density at radius 3 is 2.57 bits per heavy atom. The molecule has 0 radical (unpaired) electrons. The van der Waals surface area contributed by atoms with Crippen molar-refractivity contribution in [3.05, 3.63) is 53.6 Å². The van der Waals surface area contributed by atoms with Crippen LogP contribution in [0.25, 0.3) is 0 Å². The summed E-state index contributed by atoms with van der Waals surface area (Å²) < 4.78 is 0. The second-order valence-corrected chi connectivity index (χ2v) is 3.29. The molecular weight excluding hydrogens is 176 g/mol. The number of aromatic amines is 1. The quantitative estimate of drug-likeness (QED) is 0.755. The van der Waals surface area contributed by atoms with E-state index < -0.39 is 6.10 Å². The van der Waals surface area contributed by atoms with Crippen molar-refractivity contribution in [1.82, 2.24) is 9.97 Å². The molecule has 0 aliphatic heterocycles. The molecule has 0 bridgehead atoms. The Hall–Kier alpha value is -1.61. The van der Waals surface area contributed by atoms with Gasteiger partial charge in [0.15, 0.2) is 0 Å². The highest BCUT2D eigenvalue weighted by Crippen LogP contribution is 2.18. The van der Waals surface area contributed by atoms with Gasteiger partial charge < -0.3 is 10.1 Å². The van der Waals surface area contributed by atoms with Gasteiger partial charge in [-0.25, -0.2) is 4.98 Å². The molecule has 1 atom stereocenters. The molecule has 0 spiro atoms. The van der Waals surface area contributed by atoms with Crippen molar-refractivity contribution in [2.24, 2.45) is 0 Å². The molecule has 1 aromatic heterocycles. The second-order valence-electron chi connectivity index (χ2n) is 3.29. The Kier molecular flexibility index (Phi) is 2.33. The van der Waals surface area contributed by atoms with Crippen molar-refractivity contribution < 1.29 is 5.11 Å². The number of rotatable bonds is 2. The third kappa shape index (κ3) is 1.67. The van der Waals surface area contributed by atoms with Crippen LogP contribution in [0, 0.1) is 6.92 Å². The molecule has 3 heteroatoms. The average molecular weight is 188 g/mol. The van der Waals surface area contributed by atoms with E-state index in [4.69, 9.17) is 0 Å². The summed E-state index contributed by atoms with van der Waals surface area (Å²) in [5.41, 5.74) is 2.03. The Labute approximate surface area is 82.4 Å². The number of H-pyrrole nitrogens is 1. The minimum atomic E-state index is -0.661. The first-order chi connectivity index (χ1) is 6.77. The predicted molar refractivity (Wildman–Crippen MR) is 53.8 cm³/mol. The first kappa shape index (κ1) is 8.97. The van der Waals surface area contributed by atoms with Crippen LogP contribution in [0.15, 0.2) is 36.7 Å². The molecule has 0 saturated heterocycles. The molecule has 1 unspecified atom stereocenters. The number of hydrogen-bond donors (Lipinski definition) is 2. The summed E-state index contributed by atoms with van der Waals surface area (Å²) in [5, 5.41) is 9.88. The van der Waals surface area contributed by atoms with Crippen LogP contribution in [0.5, 0.6) is 0 Å². The van der Waals surface area contributed by atoms with E-state index in [9.17, 15) is 5.11 Å². The number of aromatic nitrogens is 2. The minimum absolute atomic E-state index is 0.578. The molecule has 1 aromatic carbocycles. The van der Waals surface area contributed by atoms with E-state index in [2.05, 4.69) is 9.97 Å². The summed E-state index contributed by atoms with van der Waals surface area (Å²) in [4.78, 5) is 6.90. The lowest BCUT2D eigenvalue weighted by atomic mass is 10.1. The second kappa shape index (κ2) is 3.64. The van der Waals surface area contributed by atoms with E-state index in [1.807, 2.05) is 31.2 Å². The van der Waals surface area contributed by atoms with Gasteiger partial charge in [-0.1, -0.05) is 29.8 Å². The minimum Gasteiger partial charge on any atom is -0.380 e. The fourth-order valence-electron chi connectivity index (χ4n) is 1.33. The number of hydrogen-bond acceptors (Lipinski definition) is 2. The van der Waals surface area contributed by atoms with E-state index in [1.54, 1.807) is 12.4 Å². The number of imidazole rings is 1. The maximum atomic E-state index is 9.88. The van der Waals surface area contributed by atoms with Gasteiger partial charge in [0.25, 0.3) is 0 Å².